The second-order valence-corrected chi connectivity index (χ2v) is 7.91. The zero-order valence-corrected chi connectivity index (χ0v) is 18.8. The molecule has 3 heterocycles. The maximum absolute atomic E-state index is 15.1. The lowest BCUT2D eigenvalue weighted by molar-refractivity contribution is 0.597. The highest BCUT2D eigenvalue weighted by Crippen LogP contribution is 2.28. The number of halogens is 2. The number of hydrogen-bond donors (Lipinski definition) is 2. The SMILES string of the molecule is CCC(Nc1ncnc2nc[nH]c12)c1nc2cccc(C)c2c(=O)n1-c1c(C)cccc1F.F. The molecule has 8 nitrogen and oxygen atoms in total. The maximum atomic E-state index is 15.1. The van der Waals surface area contributed by atoms with Gasteiger partial charge in [-0.2, -0.15) is 0 Å². The molecule has 0 radical (unpaired) electrons. The molecule has 0 amide bonds. The third-order valence-electron chi connectivity index (χ3n) is 5.80. The quantitative estimate of drug-likeness (QED) is 0.397. The van der Waals surface area contributed by atoms with Crippen LogP contribution in [0.3, 0.4) is 0 Å². The number of aryl methyl sites for hydroxylation is 2. The summed E-state index contributed by atoms with van der Waals surface area (Å²) in [7, 11) is 0. The molecule has 0 saturated carbocycles. The molecule has 0 aliphatic carbocycles. The summed E-state index contributed by atoms with van der Waals surface area (Å²) in [6.07, 6.45) is 3.53. The molecule has 5 aromatic rings. The van der Waals surface area contributed by atoms with Crippen LogP contribution in [0, 0.1) is 19.7 Å². The van der Waals surface area contributed by atoms with Gasteiger partial charge in [-0.15, -0.1) is 0 Å². The van der Waals surface area contributed by atoms with Crippen LogP contribution in [0.25, 0.3) is 27.8 Å². The smallest absolute Gasteiger partial charge is 0.266 e. The van der Waals surface area contributed by atoms with E-state index in [2.05, 4.69) is 25.3 Å². The van der Waals surface area contributed by atoms with Gasteiger partial charge in [-0.05, 0) is 43.5 Å². The molecule has 0 aliphatic rings. The molecular formula is C24H23F2N7O. The van der Waals surface area contributed by atoms with Crippen LogP contribution in [-0.2, 0) is 0 Å². The fraction of sp³-hybridized carbons (Fsp3) is 0.208. The number of rotatable bonds is 5. The van der Waals surface area contributed by atoms with Crippen LogP contribution in [0.2, 0.25) is 0 Å². The van der Waals surface area contributed by atoms with Crippen molar-refractivity contribution in [2.75, 3.05) is 5.32 Å². The number of aromatic nitrogens is 6. The van der Waals surface area contributed by atoms with Crippen LogP contribution in [-0.4, -0.2) is 29.5 Å². The Morgan fingerprint density at radius 3 is 2.62 bits per heavy atom. The Bertz CT molecular complexity index is 1540. The van der Waals surface area contributed by atoms with Crippen molar-refractivity contribution >= 4 is 27.9 Å². The number of imidazole rings is 1. The number of benzene rings is 2. The maximum Gasteiger partial charge on any atom is 0.266 e. The number of aromatic amines is 1. The predicted molar refractivity (Wildman–Crippen MR) is 128 cm³/mol. The summed E-state index contributed by atoms with van der Waals surface area (Å²) in [5.41, 5.74) is 3.04. The van der Waals surface area contributed by atoms with Crippen LogP contribution in [0.15, 0.2) is 53.8 Å². The van der Waals surface area contributed by atoms with Crippen LogP contribution >= 0.6 is 0 Å². The van der Waals surface area contributed by atoms with E-state index in [1.165, 1.54) is 17.0 Å². The second-order valence-electron chi connectivity index (χ2n) is 7.91. The van der Waals surface area contributed by atoms with Crippen molar-refractivity contribution in [2.45, 2.75) is 33.2 Å². The average molecular weight is 463 g/mol. The highest BCUT2D eigenvalue weighted by molar-refractivity contribution is 5.83. The Labute approximate surface area is 193 Å². The first-order chi connectivity index (χ1) is 16.0. The van der Waals surface area contributed by atoms with Gasteiger partial charge in [0, 0.05) is 0 Å². The van der Waals surface area contributed by atoms with E-state index in [1.807, 2.05) is 26.0 Å². The summed E-state index contributed by atoms with van der Waals surface area (Å²) in [5, 5.41) is 3.83. The van der Waals surface area contributed by atoms with Gasteiger partial charge >= 0.3 is 0 Å². The lowest BCUT2D eigenvalue weighted by Crippen LogP contribution is -2.30. The number of H-pyrrole nitrogens is 1. The van der Waals surface area contributed by atoms with Crippen LogP contribution in [0.1, 0.15) is 36.3 Å². The van der Waals surface area contributed by atoms with Crippen LogP contribution in [0.5, 0.6) is 0 Å². The largest absolute Gasteiger partial charge is 0.358 e. The first-order valence-electron chi connectivity index (χ1n) is 10.7. The first-order valence-corrected chi connectivity index (χ1v) is 10.7. The minimum atomic E-state index is -0.485. The average Bonchev–Trinajstić information content (AvgIpc) is 3.28. The Morgan fingerprint density at radius 2 is 1.85 bits per heavy atom. The van der Waals surface area contributed by atoms with E-state index in [0.29, 0.717) is 45.7 Å². The molecule has 1 unspecified atom stereocenters. The number of para-hydroxylation sites is 1. The van der Waals surface area contributed by atoms with E-state index in [-0.39, 0.29) is 16.0 Å². The third-order valence-corrected chi connectivity index (χ3v) is 5.80. The second kappa shape index (κ2) is 8.97. The highest BCUT2D eigenvalue weighted by atomic mass is 19.1. The Balaban J connectivity index is 0.00000274. The van der Waals surface area contributed by atoms with Crippen molar-refractivity contribution in [3.63, 3.8) is 0 Å². The van der Waals surface area contributed by atoms with Crippen LogP contribution < -0.4 is 10.9 Å². The van der Waals surface area contributed by atoms with E-state index in [1.54, 1.807) is 31.5 Å². The van der Waals surface area contributed by atoms with Gasteiger partial charge < -0.3 is 10.3 Å². The van der Waals surface area contributed by atoms with Gasteiger partial charge in [0.25, 0.3) is 5.56 Å². The molecule has 174 valence electrons. The molecule has 3 aromatic heterocycles. The predicted octanol–water partition coefficient (Wildman–Crippen LogP) is 4.52. The topological polar surface area (TPSA) is 101 Å². The van der Waals surface area contributed by atoms with Gasteiger partial charge in [0.2, 0.25) is 0 Å². The van der Waals surface area contributed by atoms with Gasteiger partial charge in [-0.1, -0.05) is 31.2 Å². The van der Waals surface area contributed by atoms with Crippen LogP contribution in [0.4, 0.5) is 14.9 Å². The summed E-state index contributed by atoms with van der Waals surface area (Å²) in [6.45, 7) is 5.60. The zero-order valence-electron chi connectivity index (χ0n) is 18.8. The number of hydrogen-bond acceptors (Lipinski definition) is 6. The molecule has 2 aromatic carbocycles. The molecule has 1 atom stereocenters. The molecule has 5 rings (SSSR count). The van der Waals surface area contributed by atoms with Crippen molar-refractivity contribution in [2.24, 2.45) is 0 Å². The van der Waals surface area contributed by atoms with Crippen molar-refractivity contribution < 1.29 is 9.09 Å². The van der Waals surface area contributed by atoms with Crippen molar-refractivity contribution in [1.29, 1.82) is 0 Å². The van der Waals surface area contributed by atoms with Crippen molar-refractivity contribution in [3.05, 3.63) is 82.2 Å². The molecule has 34 heavy (non-hydrogen) atoms. The summed E-state index contributed by atoms with van der Waals surface area (Å²) in [5.74, 6) is 0.445. The fourth-order valence-corrected chi connectivity index (χ4v) is 4.16. The Morgan fingerprint density at radius 1 is 1.09 bits per heavy atom. The molecule has 0 spiro atoms. The van der Waals surface area contributed by atoms with E-state index in [9.17, 15) is 4.79 Å². The molecule has 0 bridgehead atoms. The minimum Gasteiger partial charge on any atom is -0.358 e. The number of nitrogens with zero attached hydrogens (tertiary/aromatic N) is 5. The molecule has 0 fully saturated rings. The molecule has 10 heteroatoms. The summed E-state index contributed by atoms with van der Waals surface area (Å²) >= 11 is 0. The molecular weight excluding hydrogens is 440 g/mol. The number of fused-ring (bicyclic) bond motifs is 2. The molecule has 0 aliphatic heterocycles. The van der Waals surface area contributed by atoms with Gasteiger partial charge in [0.1, 0.15) is 23.5 Å². The lowest BCUT2D eigenvalue weighted by atomic mass is 10.1. The van der Waals surface area contributed by atoms with Gasteiger partial charge in [-0.3, -0.25) is 14.1 Å². The minimum absolute atomic E-state index is 0. The normalized spacial score (nSPS) is 12.0. The summed E-state index contributed by atoms with van der Waals surface area (Å²) in [6, 6.07) is 9.84. The molecule has 0 saturated heterocycles. The van der Waals surface area contributed by atoms with Gasteiger partial charge in [-0.25, -0.2) is 24.3 Å². The fourth-order valence-electron chi connectivity index (χ4n) is 4.16. The third kappa shape index (κ3) is 3.66. The van der Waals surface area contributed by atoms with E-state index < -0.39 is 11.9 Å². The van der Waals surface area contributed by atoms with E-state index in [4.69, 9.17) is 4.98 Å². The highest BCUT2D eigenvalue weighted by Gasteiger charge is 2.24. The van der Waals surface area contributed by atoms with Gasteiger partial charge in [0.15, 0.2) is 11.5 Å². The Kier molecular flexibility index (Phi) is 6.06. The van der Waals surface area contributed by atoms with E-state index in [0.717, 1.165) is 5.56 Å². The Hall–Kier alpha value is -4.21. The number of anilines is 1. The van der Waals surface area contributed by atoms with E-state index >= 15 is 4.39 Å². The van der Waals surface area contributed by atoms with Crippen molar-refractivity contribution in [1.82, 2.24) is 29.5 Å². The number of nitrogens with one attached hydrogen (secondary N) is 2. The summed E-state index contributed by atoms with van der Waals surface area (Å²) < 4.78 is 16.5. The van der Waals surface area contributed by atoms with Gasteiger partial charge in [0.05, 0.1) is 29.0 Å². The monoisotopic (exact) mass is 463 g/mol. The summed E-state index contributed by atoms with van der Waals surface area (Å²) in [4.78, 5) is 34.4. The molecule has 2 N–H and O–H groups in total. The standard InChI is InChI=1S/C24H22FN7O.FH/c1-4-16(30-22-19-21(27-11-26-19)28-12-29-22)23-31-17-10-6-7-13(2)18(17)24(33)32(23)20-14(3)8-5-9-15(20)25;/h5-12,16H,4H2,1-3H3,(H2,26,27,28,29,30);1H. The van der Waals surface area contributed by atoms with Crippen molar-refractivity contribution in [3.8, 4) is 5.69 Å². The first kappa shape index (κ1) is 23.0. The zero-order chi connectivity index (χ0) is 23.1. The lowest BCUT2D eigenvalue weighted by Gasteiger charge is -2.23.